The molecule has 0 aliphatic rings. The molecule has 0 spiro atoms. The summed E-state index contributed by atoms with van der Waals surface area (Å²) in [5.41, 5.74) is 11.5. The van der Waals surface area contributed by atoms with Gasteiger partial charge in [-0.1, -0.05) is 24.3 Å². The van der Waals surface area contributed by atoms with Crippen LogP contribution in [0.4, 0.5) is 20.2 Å². The maximum absolute atomic E-state index is 13.2. The van der Waals surface area contributed by atoms with E-state index >= 15 is 0 Å². The molecule has 56 heavy (non-hydrogen) atoms. The first kappa shape index (κ1) is 36.0. The number of alkyl halides is 2. The first-order valence-corrected chi connectivity index (χ1v) is 16.8. The summed E-state index contributed by atoms with van der Waals surface area (Å²) in [5.74, 6) is 0.0146. The lowest BCUT2D eigenvalue weighted by molar-refractivity contribution is -0.0492. The minimum atomic E-state index is -3.20. The Morgan fingerprint density at radius 2 is 1.50 bits per heavy atom. The van der Waals surface area contributed by atoms with E-state index in [9.17, 15) is 28.9 Å². The van der Waals surface area contributed by atoms with Crippen LogP contribution < -0.4 is 31.4 Å². The number of fused-ring (bicyclic) bond motifs is 2. The van der Waals surface area contributed by atoms with E-state index in [1.54, 1.807) is 59.5 Å². The number of nitrogens with two attached hydrogens (primary N) is 1. The Labute approximate surface area is 315 Å². The highest BCUT2D eigenvalue weighted by Gasteiger charge is 2.24. The van der Waals surface area contributed by atoms with Crippen molar-refractivity contribution in [3.8, 4) is 45.1 Å². The Morgan fingerprint density at radius 1 is 0.768 bits per heavy atom. The van der Waals surface area contributed by atoms with Gasteiger partial charge in [-0.25, -0.2) is 9.36 Å². The number of halogens is 2. The van der Waals surface area contributed by atoms with E-state index in [0.29, 0.717) is 61.6 Å². The number of hydrogen-bond acceptors (Lipinski definition) is 14. The second-order valence-corrected chi connectivity index (χ2v) is 12.4. The van der Waals surface area contributed by atoms with Crippen molar-refractivity contribution in [2.24, 2.45) is 0 Å². The van der Waals surface area contributed by atoms with E-state index < -0.39 is 26.6 Å². The zero-order chi connectivity index (χ0) is 38.9. The fraction of sp³-hybridized carbons (Fsp3) is 0.0556. The predicted molar refractivity (Wildman–Crippen MR) is 204 cm³/mol. The first-order chi connectivity index (χ1) is 27.1. The lowest BCUT2D eigenvalue weighted by Crippen LogP contribution is -2.32. The van der Waals surface area contributed by atoms with Gasteiger partial charge in [-0.3, -0.25) is 0 Å². The van der Waals surface area contributed by atoms with Crippen LogP contribution in [0.2, 0.25) is 0 Å². The van der Waals surface area contributed by atoms with Gasteiger partial charge in [0.05, 0.1) is 58.6 Å². The molecule has 0 saturated carbocycles. The van der Waals surface area contributed by atoms with E-state index in [0.717, 1.165) is 10.9 Å². The van der Waals surface area contributed by atoms with Crippen molar-refractivity contribution in [1.82, 2.24) is 40.0 Å². The summed E-state index contributed by atoms with van der Waals surface area (Å²) >= 11 is 0. The Balaban J connectivity index is 1.04. The molecular weight excluding hydrogens is 728 g/mol. The Bertz CT molecular complexity index is 2700. The smallest absolute Gasteiger partial charge is 0.470 e. The SMILES string of the molecule is Nc1cnnc2cc(-c3cc(B(O)O)ccc3-n3cc(OCNc4cnnc5cc(-c6cc(B(O)O)c(OC(F)F)cc6-n6cccn6)ccc45)cn3)ccc12. The molecule has 4 aromatic carbocycles. The first-order valence-electron chi connectivity index (χ1n) is 16.8. The number of nitrogens with zero attached hydrogens (tertiary/aromatic N) is 8. The Hall–Kier alpha value is -6.99. The third-order valence-corrected chi connectivity index (χ3v) is 8.93. The minimum Gasteiger partial charge on any atom is -0.470 e. The van der Waals surface area contributed by atoms with E-state index in [1.165, 1.54) is 41.6 Å². The van der Waals surface area contributed by atoms with Crippen molar-refractivity contribution in [2.75, 3.05) is 17.8 Å². The van der Waals surface area contributed by atoms with Gasteiger partial charge in [0.25, 0.3) is 0 Å². The average molecular weight is 756 g/mol. The van der Waals surface area contributed by atoms with Gasteiger partial charge >= 0.3 is 20.8 Å². The molecule has 16 nitrogen and oxygen atoms in total. The molecule has 4 aromatic heterocycles. The van der Waals surface area contributed by atoms with Crippen LogP contribution in [-0.2, 0) is 0 Å². The number of aromatic nitrogens is 8. The third kappa shape index (κ3) is 7.15. The van der Waals surface area contributed by atoms with Gasteiger partial charge in [-0.15, -0.1) is 0 Å². The fourth-order valence-electron chi connectivity index (χ4n) is 6.29. The highest BCUT2D eigenvalue weighted by molar-refractivity contribution is 6.60. The van der Waals surface area contributed by atoms with Crippen molar-refractivity contribution in [1.29, 1.82) is 0 Å². The van der Waals surface area contributed by atoms with Crippen molar-refractivity contribution in [3.05, 3.63) is 110 Å². The lowest BCUT2D eigenvalue weighted by Gasteiger charge is -2.17. The molecule has 0 saturated heterocycles. The van der Waals surface area contributed by atoms with Crippen molar-refractivity contribution in [3.63, 3.8) is 0 Å². The molecular formula is C36H28B2F2N10O6. The zero-order valence-corrected chi connectivity index (χ0v) is 28.8. The molecule has 0 fully saturated rings. The number of nitrogen functional groups attached to an aromatic ring is 1. The number of benzene rings is 4. The zero-order valence-electron chi connectivity index (χ0n) is 28.8. The predicted octanol–water partition coefficient (Wildman–Crippen LogP) is 2.27. The highest BCUT2D eigenvalue weighted by atomic mass is 19.3. The topological polar surface area (TPSA) is 225 Å². The molecule has 4 heterocycles. The van der Waals surface area contributed by atoms with Crippen LogP contribution in [0.15, 0.2) is 110 Å². The molecule has 0 aliphatic carbocycles. The molecule has 8 rings (SSSR count). The standard InChI is InChI=1S/C36H28B2F2N10O6/c39-36(40)56-35-14-34(49-9-1-8-45-49)27(13-28(35)38(53)54)21-3-6-25-31(11-21)48-44-17-32(25)42-19-55-23-15-46-50(18-23)33-7-4-22(37(51)52)12-26(33)20-2-5-24-29(41)16-43-47-30(24)10-20/h1-18,36,51-54H,19H2,(H2,41,47)(H,42,48). The van der Waals surface area contributed by atoms with Gasteiger partial charge in [0.2, 0.25) is 0 Å². The van der Waals surface area contributed by atoms with Crippen molar-refractivity contribution >= 4 is 58.3 Å². The summed E-state index contributed by atoms with van der Waals surface area (Å²) in [7, 11) is -3.79. The van der Waals surface area contributed by atoms with Crippen LogP contribution in [-0.4, -0.2) is 87.6 Å². The number of hydrogen-bond donors (Lipinski definition) is 6. The van der Waals surface area contributed by atoms with E-state index in [1.807, 2.05) is 18.2 Å². The van der Waals surface area contributed by atoms with E-state index in [-0.39, 0.29) is 17.7 Å². The molecule has 0 bridgehead atoms. The monoisotopic (exact) mass is 756 g/mol. The molecule has 0 aliphatic heterocycles. The summed E-state index contributed by atoms with van der Waals surface area (Å²) in [6.07, 6.45) is 9.35. The van der Waals surface area contributed by atoms with E-state index in [4.69, 9.17) is 10.5 Å². The molecule has 0 amide bonds. The minimum absolute atomic E-state index is 0.00823. The van der Waals surface area contributed by atoms with Gasteiger partial charge in [0.1, 0.15) is 5.75 Å². The molecule has 0 atom stereocenters. The lowest BCUT2D eigenvalue weighted by atomic mass is 9.77. The molecule has 8 aromatic rings. The van der Waals surface area contributed by atoms with Gasteiger partial charge in [0, 0.05) is 45.8 Å². The van der Waals surface area contributed by atoms with Crippen molar-refractivity contribution in [2.45, 2.75) is 6.61 Å². The Kier molecular flexibility index (Phi) is 9.67. The molecule has 278 valence electrons. The van der Waals surface area contributed by atoms with Crippen LogP contribution in [0.3, 0.4) is 0 Å². The third-order valence-electron chi connectivity index (χ3n) is 8.93. The van der Waals surface area contributed by atoms with Crippen molar-refractivity contribution < 1.29 is 38.4 Å². The summed E-state index contributed by atoms with van der Waals surface area (Å²) in [6.45, 7) is -3.19. The fourth-order valence-corrected chi connectivity index (χ4v) is 6.29. The highest BCUT2D eigenvalue weighted by Crippen LogP contribution is 2.34. The van der Waals surface area contributed by atoms with Crippen LogP contribution in [0.1, 0.15) is 0 Å². The molecule has 0 unspecified atom stereocenters. The number of ether oxygens (including phenoxy) is 2. The molecule has 0 radical (unpaired) electrons. The number of rotatable bonds is 12. The second-order valence-electron chi connectivity index (χ2n) is 12.4. The molecule has 7 N–H and O–H groups in total. The average Bonchev–Trinajstić information content (AvgIpc) is 3.91. The number of anilines is 2. The van der Waals surface area contributed by atoms with Gasteiger partial charge < -0.3 is 40.6 Å². The van der Waals surface area contributed by atoms with Gasteiger partial charge in [-0.05, 0) is 59.1 Å². The number of nitrogens with one attached hydrogen (secondary N) is 1. The second kappa shape index (κ2) is 15.0. The Morgan fingerprint density at radius 3 is 2.21 bits per heavy atom. The van der Waals surface area contributed by atoms with Gasteiger partial charge in [-0.2, -0.15) is 39.4 Å². The molecule has 20 heteroatoms. The maximum Gasteiger partial charge on any atom is 0.492 e. The maximum atomic E-state index is 13.2. The normalized spacial score (nSPS) is 11.3. The largest absolute Gasteiger partial charge is 0.492 e. The summed E-state index contributed by atoms with van der Waals surface area (Å²) in [5, 5.41) is 69.7. The van der Waals surface area contributed by atoms with Gasteiger partial charge in [0.15, 0.2) is 12.5 Å². The van der Waals surface area contributed by atoms with Crippen LogP contribution in [0.25, 0.3) is 55.4 Å². The van der Waals surface area contributed by atoms with Crippen LogP contribution >= 0.6 is 0 Å². The van der Waals surface area contributed by atoms with E-state index in [2.05, 4.69) is 40.6 Å². The quantitative estimate of drug-likeness (QED) is 0.0778. The summed E-state index contributed by atoms with van der Waals surface area (Å²) in [4.78, 5) is 0. The van der Waals surface area contributed by atoms with Crippen LogP contribution in [0, 0.1) is 0 Å². The summed E-state index contributed by atoms with van der Waals surface area (Å²) in [6, 6.07) is 20.0. The van der Waals surface area contributed by atoms with Crippen LogP contribution in [0.5, 0.6) is 11.5 Å². The summed E-state index contributed by atoms with van der Waals surface area (Å²) < 4.78 is 40.1.